The number of Topliss-reactive ketones (excluding diaryl/α,β-unsaturated/α-hetero) is 1. The van der Waals surface area contributed by atoms with Gasteiger partial charge in [0, 0.05) is 19.2 Å². The Morgan fingerprint density at radius 1 is 1.18 bits per heavy atom. The fraction of sp³-hybridized carbons (Fsp3) is 0.400. The van der Waals surface area contributed by atoms with E-state index in [0.29, 0.717) is 29.8 Å². The number of hydrogen-bond acceptors (Lipinski definition) is 8. The zero-order chi connectivity index (χ0) is 22.4. The molecule has 0 radical (unpaired) electrons. The topological polar surface area (TPSA) is 85.0 Å². The van der Waals surface area contributed by atoms with Crippen molar-refractivity contribution in [1.29, 1.82) is 0 Å². The summed E-state index contributed by atoms with van der Waals surface area (Å²) in [6.45, 7) is 2.68. The monoisotopic (exact) mass is 459 g/mol. The summed E-state index contributed by atoms with van der Waals surface area (Å²) in [7, 11) is 0. The highest BCUT2D eigenvalue weighted by Crippen LogP contribution is 2.49. The predicted octanol–water partition coefficient (Wildman–Crippen LogP) is 5.10. The summed E-state index contributed by atoms with van der Waals surface area (Å²) < 4.78 is 6.55. The van der Waals surface area contributed by atoms with Gasteiger partial charge in [0.1, 0.15) is 0 Å². The lowest BCUT2D eigenvalue weighted by atomic mass is 10.0. The lowest BCUT2D eigenvalue weighted by molar-refractivity contribution is -0.120. The summed E-state index contributed by atoms with van der Waals surface area (Å²) >= 11 is 1.65. The number of anilines is 1. The van der Waals surface area contributed by atoms with Gasteiger partial charge < -0.3 is 9.42 Å². The SMILES string of the molecule is Cc1noc(-c2cnc3nc(N4CCC[C@@H]4C(=O)CCc4ccccc4)sc3c2C2CC2)n1. The molecule has 0 spiro atoms. The maximum absolute atomic E-state index is 13.1. The van der Waals surface area contributed by atoms with Crippen molar-refractivity contribution in [3.8, 4) is 11.5 Å². The van der Waals surface area contributed by atoms with Crippen LogP contribution in [0.5, 0.6) is 0 Å². The second kappa shape index (κ2) is 8.33. The molecule has 0 amide bonds. The summed E-state index contributed by atoms with van der Waals surface area (Å²) in [5.74, 6) is 1.92. The normalized spacial score (nSPS) is 18.3. The lowest BCUT2D eigenvalue weighted by Crippen LogP contribution is -2.36. The Bertz CT molecular complexity index is 1310. The van der Waals surface area contributed by atoms with Gasteiger partial charge in [-0.3, -0.25) is 4.79 Å². The van der Waals surface area contributed by atoms with E-state index in [0.717, 1.165) is 59.7 Å². The molecule has 168 valence electrons. The number of ketones is 1. The van der Waals surface area contributed by atoms with Crippen LogP contribution in [0.1, 0.15) is 55.0 Å². The van der Waals surface area contributed by atoms with Crippen LogP contribution in [0, 0.1) is 6.92 Å². The predicted molar refractivity (Wildman–Crippen MR) is 128 cm³/mol. The third kappa shape index (κ3) is 3.93. The number of nitrogens with zero attached hydrogens (tertiary/aromatic N) is 5. The molecule has 2 fully saturated rings. The molecule has 1 aliphatic carbocycles. The number of benzene rings is 1. The minimum Gasteiger partial charge on any atom is -0.338 e. The third-order valence-electron chi connectivity index (χ3n) is 6.57. The molecule has 0 bridgehead atoms. The molecule has 0 unspecified atom stereocenters. The van der Waals surface area contributed by atoms with Crippen molar-refractivity contribution in [3.05, 3.63) is 53.5 Å². The van der Waals surface area contributed by atoms with Gasteiger partial charge in [0.25, 0.3) is 5.89 Å². The van der Waals surface area contributed by atoms with E-state index >= 15 is 0 Å². The van der Waals surface area contributed by atoms with Crippen LogP contribution in [0.4, 0.5) is 5.13 Å². The molecule has 2 aliphatic rings. The smallest absolute Gasteiger partial charge is 0.259 e. The van der Waals surface area contributed by atoms with Crippen LogP contribution in [0.15, 0.2) is 41.1 Å². The first-order valence-electron chi connectivity index (χ1n) is 11.6. The van der Waals surface area contributed by atoms with Gasteiger partial charge in [0.15, 0.2) is 22.4 Å². The Morgan fingerprint density at radius 3 is 2.79 bits per heavy atom. The summed E-state index contributed by atoms with van der Waals surface area (Å²) in [5, 5.41) is 4.86. The number of fused-ring (bicyclic) bond motifs is 1. The molecule has 3 aromatic heterocycles. The maximum Gasteiger partial charge on any atom is 0.259 e. The first-order valence-corrected chi connectivity index (χ1v) is 12.4. The van der Waals surface area contributed by atoms with E-state index in [1.807, 2.05) is 31.3 Å². The van der Waals surface area contributed by atoms with Gasteiger partial charge in [-0.2, -0.15) is 9.97 Å². The van der Waals surface area contributed by atoms with E-state index < -0.39 is 0 Å². The third-order valence-corrected chi connectivity index (χ3v) is 7.68. The standard InChI is InChI=1S/C25H25N5O2S/c1-15-27-24(32-29-15)18-14-26-23-22(21(18)17-10-11-17)33-25(28-23)30-13-5-8-19(30)20(31)12-9-16-6-3-2-4-7-16/h2-4,6-7,14,17,19H,5,8-13H2,1H3/t19-/m1/s1. The number of hydrogen-bond donors (Lipinski definition) is 0. The van der Waals surface area contributed by atoms with Gasteiger partial charge in [-0.25, -0.2) is 4.98 Å². The van der Waals surface area contributed by atoms with Gasteiger partial charge in [0.05, 0.1) is 16.3 Å². The molecule has 6 rings (SSSR count). The second-order valence-corrected chi connectivity index (χ2v) is 9.94. The van der Waals surface area contributed by atoms with E-state index in [9.17, 15) is 4.79 Å². The Morgan fingerprint density at radius 2 is 2.03 bits per heavy atom. The molecule has 4 heterocycles. The molecule has 0 N–H and O–H groups in total. The highest BCUT2D eigenvalue weighted by molar-refractivity contribution is 7.22. The average molecular weight is 460 g/mol. The summed E-state index contributed by atoms with van der Waals surface area (Å²) in [4.78, 5) is 29.3. The van der Waals surface area contributed by atoms with Crippen LogP contribution in [-0.4, -0.2) is 38.5 Å². The molecule has 1 aromatic carbocycles. The Labute approximate surface area is 195 Å². The van der Waals surface area contributed by atoms with Crippen LogP contribution < -0.4 is 4.90 Å². The Kier molecular flexibility index (Phi) is 5.17. The zero-order valence-corrected chi connectivity index (χ0v) is 19.3. The van der Waals surface area contributed by atoms with Crippen molar-refractivity contribution in [2.24, 2.45) is 0 Å². The number of pyridine rings is 1. The van der Waals surface area contributed by atoms with E-state index in [1.165, 1.54) is 11.1 Å². The number of carbonyl (C=O) groups is 1. The van der Waals surface area contributed by atoms with Crippen LogP contribution in [-0.2, 0) is 11.2 Å². The van der Waals surface area contributed by atoms with E-state index in [-0.39, 0.29) is 6.04 Å². The quantitative estimate of drug-likeness (QED) is 0.380. The van der Waals surface area contributed by atoms with Crippen molar-refractivity contribution in [1.82, 2.24) is 20.1 Å². The number of carbonyl (C=O) groups excluding carboxylic acids is 1. The number of aryl methyl sites for hydroxylation is 2. The summed E-state index contributed by atoms with van der Waals surface area (Å²) in [6.07, 6.45) is 7.35. The van der Waals surface area contributed by atoms with Crippen LogP contribution in [0.25, 0.3) is 21.8 Å². The van der Waals surface area contributed by atoms with Crippen molar-refractivity contribution in [2.45, 2.75) is 57.4 Å². The highest BCUT2D eigenvalue weighted by atomic mass is 32.1. The molecule has 4 aromatic rings. The number of aromatic nitrogens is 4. The molecule has 1 saturated heterocycles. The van der Waals surface area contributed by atoms with Crippen LogP contribution in [0.2, 0.25) is 0 Å². The van der Waals surface area contributed by atoms with Gasteiger partial charge in [-0.1, -0.05) is 46.8 Å². The number of thiazole rings is 1. The molecule has 33 heavy (non-hydrogen) atoms. The Hall–Kier alpha value is -3.13. The Balaban J connectivity index is 1.30. The molecule has 7 nitrogen and oxygen atoms in total. The second-order valence-electron chi connectivity index (χ2n) is 8.96. The van der Waals surface area contributed by atoms with Crippen LogP contribution in [0.3, 0.4) is 0 Å². The first-order chi connectivity index (χ1) is 16.2. The highest BCUT2D eigenvalue weighted by Gasteiger charge is 2.35. The van der Waals surface area contributed by atoms with Crippen LogP contribution >= 0.6 is 11.3 Å². The fourth-order valence-corrected chi connectivity index (χ4v) is 5.99. The minimum absolute atomic E-state index is 0.100. The van der Waals surface area contributed by atoms with Gasteiger partial charge in [-0.15, -0.1) is 0 Å². The first kappa shape index (κ1) is 20.5. The largest absolute Gasteiger partial charge is 0.338 e. The fourth-order valence-electron chi connectivity index (χ4n) is 4.77. The van der Waals surface area contributed by atoms with E-state index in [2.05, 4.69) is 32.2 Å². The maximum atomic E-state index is 13.1. The van der Waals surface area contributed by atoms with Crippen molar-refractivity contribution >= 4 is 32.6 Å². The minimum atomic E-state index is -0.100. The van der Waals surface area contributed by atoms with Gasteiger partial charge >= 0.3 is 0 Å². The van der Waals surface area contributed by atoms with Gasteiger partial charge in [0.2, 0.25) is 0 Å². The lowest BCUT2D eigenvalue weighted by Gasteiger charge is -2.22. The zero-order valence-electron chi connectivity index (χ0n) is 18.5. The molecule has 1 saturated carbocycles. The van der Waals surface area contributed by atoms with Crippen molar-refractivity contribution < 1.29 is 9.32 Å². The molecular formula is C25H25N5O2S. The van der Waals surface area contributed by atoms with Crippen molar-refractivity contribution in [3.63, 3.8) is 0 Å². The molecular weight excluding hydrogens is 434 g/mol. The van der Waals surface area contributed by atoms with Crippen molar-refractivity contribution in [2.75, 3.05) is 11.4 Å². The summed E-state index contributed by atoms with van der Waals surface area (Å²) in [5.41, 5.74) is 4.09. The molecule has 8 heteroatoms. The number of rotatable bonds is 7. The summed E-state index contributed by atoms with van der Waals surface area (Å²) in [6, 6.07) is 10.1. The van der Waals surface area contributed by atoms with E-state index in [1.54, 1.807) is 11.3 Å². The van der Waals surface area contributed by atoms with Gasteiger partial charge in [-0.05, 0) is 56.1 Å². The van der Waals surface area contributed by atoms with E-state index in [4.69, 9.17) is 9.51 Å². The molecule has 1 atom stereocenters. The average Bonchev–Trinajstić information content (AvgIpc) is 3.21. The molecule has 1 aliphatic heterocycles.